The predicted octanol–water partition coefficient (Wildman–Crippen LogP) is 1.55. The van der Waals surface area contributed by atoms with Crippen molar-refractivity contribution in [3.63, 3.8) is 0 Å². The fourth-order valence-corrected chi connectivity index (χ4v) is 1.14. The highest BCUT2D eigenvalue weighted by atomic mass is 16.5. The number of anilines is 2. The quantitative estimate of drug-likeness (QED) is 0.860. The molecule has 0 saturated carbocycles. The van der Waals surface area contributed by atoms with Gasteiger partial charge < -0.3 is 15.0 Å². The van der Waals surface area contributed by atoms with E-state index in [0.29, 0.717) is 17.9 Å². The Balaban J connectivity index is 3.05. The van der Waals surface area contributed by atoms with E-state index in [4.69, 9.17) is 4.74 Å². The molecule has 0 atom stereocenters. The standard InChI is InChI=1S/C11H21N5O/c1-7-16(5)9-12-8(15-11(2,3)4)13-10(14-9)17-6/h7H2,1-6H3,(H,12,13,14,15). The molecule has 0 bridgehead atoms. The first-order valence-electron chi connectivity index (χ1n) is 5.65. The molecule has 0 aromatic carbocycles. The molecule has 6 nitrogen and oxygen atoms in total. The van der Waals surface area contributed by atoms with E-state index >= 15 is 0 Å². The van der Waals surface area contributed by atoms with Crippen LogP contribution in [0.25, 0.3) is 0 Å². The van der Waals surface area contributed by atoms with Gasteiger partial charge in [-0.2, -0.15) is 15.0 Å². The van der Waals surface area contributed by atoms with E-state index in [-0.39, 0.29) is 5.54 Å². The number of nitrogens with zero attached hydrogens (tertiary/aromatic N) is 4. The molecule has 0 amide bonds. The summed E-state index contributed by atoms with van der Waals surface area (Å²) in [6, 6.07) is 0.321. The summed E-state index contributed by atoms with van der Waals surface area (Å²) in [6.45, 7) is 9.00. The van der Waals surface area contributed by atoms with Crippen LogP contribution in [0, 0.1) is 0 Å². The molecule has 1 aromatic rings. The molecule has 0 aliphatic heterocycles. The van der Waals surface area contributed by atoms with Gasteiger partial charge in [-0.15, -0.1) is 0 Å². The maximum Gasteiger partial charge on any atom is 0.322 e. The second-order valence-electron chi connectivity index (χ2n) is 4.83. The third-order valence-corrected chi connectivity index (χ3v) is 2.09. The van der Waals surface area contributed by atoms with Gasteiger partial charge in [0.05, 0.1) is 7.11 Å². The van der Waals surface area contributed by atoms with Crippen molar-refractivity contribution < 1.29 is 4.74 Å². The zero-order chi connectivity index (χ0) is 13.1. The largest absolute Gasteiger partial charge is 0.467 e. The zero-order valence-corrected chi connectivity index (χ0v) is 11.4. The van der Waals surface area contributed by atoms with E-state index in [1.807, 2.05) is 39.6 Å². The summed E-state index contributed by atoms with van der Waals surface area (Å²) in [5, 5.41) is 3.21. The maximum absolute atomic E-state index is 5.08. The van der Waals surface area contributed by atoms with Crippen molar-refractivity contribution in [1.82, 2.24) is 15.0 Å². The van der Waals surface area contributed by atoms with E-state index in [2.05, 4.69) is 20.3 Å². The van der Waals surface area contributed by atoms with Crippen molar-refractivity contribution in [2.24, 2.45) is 0 Å². The average molecular weight is 239 g/mol. The minimum atomic E-state index is -0.103. The summed E-state index contributed by atoms with van der Waals surface area (Å²) >= 11 is 0. The molecule has 17 heavy (non-hydrogen) atoms. The lowest BCUT2D eigenvalue weighted by Gasteiger charge is -2.22. The predicted molar refractivity (Wildman–Crippen MR) is 68.7 cm³/mol. The van der Waals surface area contributed by atoms with Crippen LogP contribution in [0.15, 0.2) is 0 Å². The maximum atomic E-state index is 5.08. The van der Waals surface area contributed by atoms with E-state index in [1.165, 1.54) is 0 Å². The van der Waals surface area contributed by atoms with Gasteiger partial charge in [0, 0.05) is 19.1 Å². The molecule has 0 aliphatic carbocycles. The first-order chi connectivity index (χ1) is 7.85. The van der Waals surface area contributed by atoms with Gasteiger partial charge in [-0.05, 0) is 27.7 Å². The molecule has 0 radical (unpaired) electrons. The molecule has 0 fully saturated rings. The monoisotopic (exact) mass is 239 g/mol. The lowest BCUT2D eigenvalue weighted by molar-refractivity contribution is 0.378. The summed E-state index contributed by atoms with van der Waals surface area (Å²) in [5.41, 5.74) is -0.103. The Morgan fingerprint density at radius 3 is 2.35 bits per heavy atom. The molecule has 0 aliphatic rings. The minimum Gasteiger partial charge on any atom is -0.467 e. The molecule has 1 heterocycles. The minimum absolute atomic E-state index is 0.103. The van der Waals surface area contributed by atoms with E-state index in [9.17, 15) is 0 Å². The highest BCUT2D eigenvalue weighted by Crippen LogP contribution is 2.16. The first-order valence-corrected chi connectivity index (χ1v) is 5.65. The van der Waals surface area contributed by atoms with E-state index in [0.717, 1.165) is 6.54 Å². The number of hydrogen-bond acceptors (Lipinski definition) is 6. The number of nitrogens with one attached hydrogen (secondary N) is 1. The number of methoxy groups -OCH3 is 1. The SMILES string of the molecule is CCN(C)c1nc(NC(C)(C)C)nc(OC)n1. The molecule has 6 heteroatoms. The Morgan fingerprint density at radius 2 is 1.88 bits per heavy atom. The molecule has 0 saturated heterocycles. The summed E-state index contributed by atoms with van der Waals surface area (Å²) in [6.07, 6.45) is 0. The van der Waals surface area contributed by atoms with Crippen LogP contribution in [0.3, 0.4) is 0 Å². The molecule has 1 rings (SSSR count). The van der Waals surface area contributed by atoms with Gasteiger partial charge in [0.15, 0.2) is 0 Å². The van der Waals surface area contributed by atoms with Crippen LogP contribution in [0.2, 0.25) is 0 Å². The van der Waals surface area contributed by atoms with Crippen molar-refractivity contribution >= 4 is 11.9 Å². The van der Waals surface area contributed by atoms with Crippen molar-refractivity contribution in [3.05, 3.63) is 0 Å². The molecular weight excluding hydrogens is 218 g/mol. The van der Waals surface area contributed by atoms with Crippen LogP contribution < -0.4 is 15.0 Å². The van der Waals surface area contributed by atoms with E-state index < -0.39 is 0 Å². The zero-order valence-electron chi connectivity index (χ0n) is 11.4. The summed E-state index contributed by atoms with van der Waals surface area (Å²) in [7, 11) is 3.47. The number of aromatic nitrogens is 3. The Kier molecular flexibility index (Phi) is 4.09. The number of hydrogen-bond donors (Lipinski definition) is 1. The van der Waals surface area contributed by atoms with Crippen molar-refractivity contribution in [2.75, 3.05) is 30.9 Å². The van der Waals surface area contributed by atoms with Crippen molar-refractivity contribution in [3.8, 4) is 6.01 Å². The van der Waals surface area contributed by atoms with Gasteiger partial charge in [0.1, 0.15) is 0 Å². The highest BCUT2D eigenvalue weighted by molar-refractivity contribution is 5.38. The average Bonchev–Trinajstić information content (AvgIpc) is 2.25. The molecule has 96 valence electrons. The summed E-state index contributed by atoms with van der Waals surface area (Å²) in [5.74, 6) is 1.13. The molecule has 0 spiro atoms. The molecule has 1 N–H and O–H groups in total. The molecular formula is C11H21N5O. The van der Waals surface area contributed by atoms with Crippen LogP contribution in [-0.2, 0) is 0 Å². The molecule has 1 aromatic heterocycles. The molecule has 0 unspecified atom stereocenters. The fourth-order valence-electron chi connectivity index (χ4n) is 1.14. The Bertz CT molecular complexity index is 375. The lowest BCUT2D eigenvalue weighted by atomic mass is 10.1. The van der Waals surface area contributed by atoms with Gasteiger partial charge in [-0.1, -0.05) is 0 Å². The van der Waals surface area contributed by atoms with E-state index in [1.54, 1.807) is 7.11 Å². The van der Waals surface area contributed by atoms with Gasteiger partial charge >= 0.3 is 6.01 Å². The van der Waals surface area contributed by atoms with Crippen LogP contribution in [0.4, 0.5) is 11.9 Å². The van der Waals surface area contributed by atoms with Gasteiger partial charge in [-0.3, -0.25) is 0 Å². The normalized spacial score (nSPS) is 11.2. The van der Waals surface area contributed by atoms with Gasteiger partial charge in [0.25, 0.3) is 0 Å². The van der Waals surface area contributed by atoms with Crippen LogP contribution >= 0.6 is 0 Å². The number of ether oxygens (including phenoxy) is 1. The smallest absolute Gasteiger partial charge is 0.322 e. The third-order valence-electron chi connectivity index (χ3n) is 2.09. The van der Waals surface area contributed by atoms with Crippen LogP contribution in [0.1, 0.15) is 27.7 Å². The first kappa shape index (κ1) is 13.5. The van der Waals surface area contributed by atoms with Crippen LogP contribution in [-0.4, -0.2) is 41.2 Å². The summed E-state index contributed by atoms with van der Waals surface area (Å²) < 4.78 is 5.08. The topological polar surface area (TPSA) is 63.2 Å². The van der Waals surface area contributed by atoms with Crippen molar-refractivity contribution in [1.29, 1.82) is 0 Å². The Morgan fingerprint density at radius 1 is 1.24 bits per heavy atom. The second kappa shape index (κ2) is 5.16. The van der Waals surface area contributed by atoms with Crippen molar-refractivity contribution in [2.45, 2.75) is 33.2 Å². The Hall–Kier alpha value is -1.59. The third kappa shape index (κ3) is 4.05. The van der Waals surface area contributed by atoms with Gasteiger partial charge in [-0.25, -0.2) is 0 Å². The Labute approximate surface area is 102 Å². The second-order valence-corrected chi connectivity index (χ2v) is 4.83. The highest BCUT2D eigenvalue weighted by Gasteiger charge is 2.15. The van der Waals surface area contributed by atoms with Crippen LogP contribution in [0.5, 0.6) is 6.01 Å². The summed E-state index contributed by atoms with van der Waals surface area (Å²) in [4.78, 5) is 14.6. The fraction of sp³-hybridized carbons (Fsp3) is 0.727. The van der Waals surface area contributed by atoms with Gasteiger partial charge in [0.2, 0.25) is 11.9 Å². The lowest BCUT2D eigenvalue weighted by Crippen LogP contribution is -2.28. The number of rotatable bonds is 4.